The molecule has 2 N–H and O–H groups in total. The zero-order valence-electron chi connectivity index (χ0n) is 13.3. The summed E-state index contributed by atoms with van der Waals surface area (Å²) in [5.74, 6) is -0.400. The Bertz CT molecular complexity index is 858. The Labute approximate surface area is 157 Å². The molecule has 8 heteroatoms. The van der Waals surface area contributed by atoms with Crippen molar-refractivity contribution in [3.63, 3.8) is 0 Å². The molecule has 0 saturated carbocycles. The van der Waals surface area contributed by atoms with E-state index in [1.165, 1.54) is 34.9 Å². The lowest BCUT2D eigenvalue weighted by molar-refractivity contribution is -0.119. The van der Waals surface area contributed by atoms with Gasteiger partial charge in [0.2, 0.25) is 5.91 Å². The van der Waals surface area contributed by atoms with Crippen molar-refractivity contribution in [2.75, 3.05) is 5.75 Å². The number of thiophene rings is 1. The summed E-state index contributed by atoms with van der Waals surface area (Å²) in [5, 5.41) is 2.75. The van der Waals surface area contributed by atoms with Crippen molar-refractivity contribution >= 4 is 46.2 Å². The maximum absolute atomic E-state index is 12.1. The molecule has 1 aromatic carbocycles. The average Bonchev–Trinajstić information content (AvgIpc) is 3.30. The Hall–Kier alpha value is -2.16. The quantitative estimate of drug-likeness (QED) is 0.515. The maximum atomic E-state index is 12.1. The molecule has 128 valence electrons. The number of carbonyl (C=O) groups is 2. The van der Waals surface area contributed by atoms with E-state index in [-0.39, 0.29) is 17.6 Å². The van der Waals surface area contributed by atoms with E-state index in [1.807, 2.05) is 48.7 Å². The molecule has 0 radical (unpaired) electrons. The van der Waals surface area contributed by atoms with Crippen LogP contribution in [0.3, 0.4) is 0 Å². The Morgan fingerprint density at radius 3 is 2.68 bits per heavy atom. The van der Waals surface area contributed by atoms with E-state index in [0.29, 0.717) is 4.88 Å². The minimum absolute atomic E-state index is 0.229. The smallest absolute Gasteiger partial charge is 0.272 e. The molecule has 0 aliphatic carbocycles. The molecular formula is C17H15N3O2S3. The van der Waals surface area contributed by atoms with Gasteiger partial charge in [0.15, 0.2) is 0 Å². The number of rotatable bonds is 5. The Balaban J connectivity index is 1.47. The third-order valence-corrected chi connectivity index (χ3v) is 6.22. The van der Waals surface area contributed by atoms with Crippen molar-refractivity contribution in [2.45, 2.75) is 11.8 Å². The lowest BCUT2D eigenvalue weighted by Crippen LogP contribution is -2.42. The van der Waals surface area contributed by atoms with Crippen LogP contribution < -0.4 is 10.9 Å². The Morgan fingerprint density at radius 2 is 1.96 bits per heavy atom. The van der Waals surface area contributed by atoms with Gasteiger partial charge in [0, 0.05) is 4.90 Å². The van der Waals surface area contributed by atoms with Crippen LogP contribution >= 0.6 is 34.4 Å². The predicted octanol–water partition coefficient (Wildman–Crippen LogP) is 3.73. The van der Waals surface area contributed by atoms with Crippen molar-refractivity contribution in [3.05, 3.63) is 58.4 Å². The van der Waals surface area contributed by atoms with Gasteiger partial charge in [0.25, 0.3) is 5.91 Å². The zero-order chi connectivity index (χ0) is 17.6. The molecule has 0 unspecified atom stereocenters. The third kappa shape index (κ3) is 4.91. The van der Waals surface area contributed by atoms with E-state index in [2.05, 4.69) is 15.8 Å². The minimum Gasteiger partial charge on any atom is -0.272 e. The summed E-state index contributed by atoms with van der Waals surface area (Å²) in [4.78, 5) is 30.7. The van der Waals surface area contributed by atoms with Gasteiger partial charge in [-0.05, 0) is 30.5 Å². The number of thioether (sulfide) groups is 1. The van der Waals surface area contributed by atoms with Gasteiger partial charge in [-0.15, -0.1) is 34.4 Å². The molecule has 5 nitrogen and oxygen atoms in total. The van der Waals surface area contributed by atoms with E-state index in [4.69, 9.17) is 0 Å². The Morgan fingerprint density at radius 1 is 1.16 bits per heavy atom. The van der Waals surface area contributed by atoms with Crippen LogP contribution in [-0.4, -0.2) is 22.6 Å². The van der Waals surface area contributed by atoms with E-state index in [1.54, 1.807) is 11.3 Å². The summed E-state index contributed by atoms with van der Waals surface area (Å²) >= 11 is 4.28. The van der Waals surface area contributed by atoms with E-state index in [9.17, 15) is 9.59 Å². The number of nitrogens with one attached hydrogen (secondary N) is 2. The molecule has 2 aromatic heterocycles. The molecule has 0 aliphatic heterocycles. The summed E-state index contributed by atoms with van der Waals surface area (Å²) in [6, 6.07) is 11.8. The zero-order valence-corrected chi connectivity index (χ0v) is 15.8. The fourth-order valence-corrected chi connectivity index (χ4v) is 4.21. The van der Waals surface area contributed by atoms with Crippen molar-refractivity contribution in [3.8, 4) is 9.88 Å². The summed E-state index contributed by atoms with van der Waals surface area (Å²) in [6.07, 6.45) is 1.52. The Kier molecular flexibility index (Phi) is 5.85. The number of benzene rings is 1. The standard InChI is InChI=1S/C17H15N3O2S3/c1-11-4-6-12(7-5-11)24-10-15(21)19-20-16(22)14-9-18-17(25-14)13-3-2-8-23-13/h2-9H,10H2,1H3,(H,19,21)(H,20,22). The number of carbonyl (C=O) groups excluding carboxylic acids is 2. The van der Waals surface area contributed by atoms with Crippen LogP contribution in [0.5, 0.6) is 0 Å². The molecule has 2 heterocycles. The fourth-order valence-electron chi connectivity index (χ4n) is 1.90. The number of hydrogen-bond acceptors (Lipinski definition) is 6. The highest BCUT2D eigenvalue weighted by atomic mass is 32.2. The number of aryl methyl sites for hydroxylation is 1. The minimum atomic E-state index is -0.367. The monoisotopic (exact) mass is 389 g/mol. The number of hydrazine groups is 1. The molecule has 0 atom stereocenters. The number of amides is 2. The van der Waals surface area contributed by atoms with Crippen molar-refractivity contribution in [1.82, 2.24) is 15.8 Å². The van der Waals surface area contributed by atoms with Gasteiger partial charge in [0.1, 0.15) is 9.88 Å². The maximum Gasteiger partial charge on any atom is 0.281 e. The van der Waals surface area contributed by atoms with Crippen LogP contribution in [-0.2, 0) is 4.79 Å². The number of hydrogen-bond donors (Lipinski definition) is 2. The van der Waals surface area contributed by atoms with E-state index >= 15 is 0 Å². The molecule has 3 aromatic rings. The molecular weight excluding hydrogens is 374 g/mol. The predicted molar refractivity (Wildman–Crippen MR) is 103 cm³/mol. The molecule has 0 fully saturated rings. The van der Waals surface area contributed by atoms with Crippen LogP contribution in [0, 0.1) is 6.92 Å². The summed E-state index contributed by atoms with van der Waals surface area (Å²) in [5.41, 5.74) is 6.03. The molecule has 2 amide bonds. The fraction of sp³-hybridized carbons (Fsp3) is 0.118. The topological polar surface area (TPSA) is 71.1 Å². The van der Waals surface area contributed by atoms with Crippen LogP contribution in [0.2, 0.25) is 0 Å². The highest BCUT2D eigenvalue weighted by Gasteiger charge is 2.13. The van der Waals surface area contributed by atoms with E-state index in [0.717, 1.165) is 14.8 Å². The van der Waals surface area contributed by atoms with Gasteiger partial charge in [-0.2, -0.15) is 0 Å². The normalized spacial score (nSPS) is 10.4. The first kappa shape index (κ1) is 17.7. The second kappa shape index (κ2) is 8.28. The van der Waals surface area contributed by atoms with Gasteiger partial charge in [-0.25, -0.2) is 4.98 Å². The highest BCUT2D eigenvalue weighted by Crippen LogP contribution is 2.28. The summed E-state index contributed by atoms with van der Waals surface area (Å²) in [7, 11) is 0. The lowest BCUT2D eigenvalue weighted by Gasteiger charge is -2.06. The largest absolute Gasteiger partial charge is 0.281 e. The molecule has 0 spiro atoms. The van der Waals surface area contributed by atoms with Crippen LogP contribution in [0.4, 0.5) is 0 Å². The first-order valence-electron chi connectivity index (χ1n) is 7.40. The van der Waals surface area contributed by atoms with Gasteiger partial charge in [-0.1, -0.05) is 23.8 Å². The van der Waals surface area contributed by atoms with Gasteiger partial charge < -0.3 is 0 Å². The van der Waals surface area contributed by atoms with Crippen LogP contribution in [0.1, 0.15) is 15.2 Å². The number of aromatic nitrogens is 1. The molecule has 0 saturated heterocycles. The van der Waals surface area contributed by atoms with E-state index < -0.39 is 0 Å². The molecule has 0 bridgehead atoms. The first-order valence-corrected chi connectivity index (χ1v) is 10.1. The SMILES string of the molecule is Cc1ccc(SCC(=O)NNC(=O)c2cnc(-c3cccs3)s2)cc1. The van der Waals surface area contributed by atoms with Gasteiger partial charge in [0.05, 0.1) is 16.8 Å². The molecule has 3 rings (SSSR count). The summed E-state index contributed by atoms with van der Waals surface area (Å²) in [6.45, 7) is 2.01. The number of thiazole rings is 1. The average molecular weight is 390 g/mol. The van der Waals surface area contributed by atoms with Gasteiger partial charge in [-0.3, -0.25) is 20.4 Å². The van der Waals surface area contributed by atoms with Crippen molar-refractivity contribution in [1.29, 1.82) is 0 Å². The number of nitrogens with zero attached hydrogens (tertiary/aromatic N) is 1. The van der Waals surface area contributed by atoms with Crippen LogP contribution in [0.25, 0.3) is 9.88 Å². The molecule has 25 heavy (non-hydrogen) atoms. The lowest BCUT2D eigenvalue weighted by atomic mass is 10.2. The van der Waals surface area contributed by atoms with Crippen LogP contribution in [0.15, 0.2) is 52.9 Å². The highest BCUT2D eigenvalue weighted by molar-refractivity contribution is 8.00. The second-order valence-corrected chi connectivity index (χ2v) is 8.14. The molecule has 0 aliphatic rings. The second-order valence-electron chi connectivity index (χ2n) is 5.11. The first-order chi connectivity index (χ1) is 12.1. The summed E-state index contributed by atoms with van der Waals surface area (Å²) < 4.78 is 0. The third-order valence-electron chi connectivity index (χ3n) is 3.17. The van der Waals surface area contributed by atoms with Crippen molar-refractivity contribution in [2.24, 2.45) is 0 Å². The van der Waals surface area contributed by atoms with Gasteiger partial charge >= 0.3 is 0 Å². The van der Waals surface area contributed by atoms with Crippen molar-refractivity contribution < 1.29 is 9.59 Å².